The Bertz CT molecular complexity index is 546. The van der Waals surface area contributed by atoms with Gasteiger partial charge in [-0.05, 0) is 60.8 Å². The third kappa shape index (κ3) is 2.51. The lowest BCUT2D eigenvalue weighted by molar-refractivity contribution is -0.0407. The summed E-state index contributed by atoms with van der Waals surface area (Å²) in [5, 5.41) is 4.71. The predicted molar refractivity (Wildman–Crippen MR) is 86.3 cm³/mol. The molecule has 0 unspecified atom stereocenters. The first-order chi connectivity index (χ1) is 10.2. The van der Waals surface area contributed by atoms with Crippen LogP contribution in [0.3, 0.4) is 0 Å². The van der Waals surface area contributed by atoms with Gasteiger partial charge in [0, 0.05) is 17.8 Å². The van der Waals surface area contributed by atoms with E-state index < -0.39 is 0 Å². The molecule has 5 nitrogen and oxygen atoms in total. The summed E-state index contributed by atoms with van der Waals surface area (Å²) in [7, 11) is -0.359. The SMILES string of the molecule is Cc1nn([C@@H]2CCCCO2)c(C)c1B1OC(C)(C)C(C)(C)O1. The average molecular weight is 306 g/mol. The van der Waals surface area contributed by atoms with Crippen molar-refractivity contribution in [2.45, 2.75) is 78.2 Å². The van der Waals surface area contributed by atoms with Crippen LogP contribution >= 0.6 is 0 Å². The molecule has 122 valence electrons. The van der Waals surface area contributed by atoms with Crippen molar-refractivity contribution in [1.82, 2.24) is 9.78 Å². The van der Waals surface area contributed by atoms with Crippen LogP contribution in [0, 0.1) is 13.8 Å². The Labute approximate surface area is 133 Å². The number of aromatic nitrogens is 2. The Hall–Kier alpha value is -0.845. The molecule has 0 radical (unpaired) electrons. The lowest BCUT2D eigenvalue weighted by Crippen LogP contribution is -2.41. The topological polar surface area (TPSA) is 45.5 Å². The minimum atomic E-state index is -0.359. The van der Waals surface area contributed by atoms with E-state index >= 15 is 0 Å². The molecule has 2 fully saturated rings. The third-order valence-electron chi connectivity index (χ3n) is 5.30. The number of rotatable bonds is 2. The molecule has 2 aliphatic rings. The zero-order valence-electron chi connectivity index (χ0n) is 14.6. The summed E-state index contributed by atoms with van der Waals surface area (Å²) in [6, 6.07) is 0. The van der Waals surface area contributed by atoms with Gasteiger partial charge in [0.1, 0.15) is 6.23 Å². The highest BCUT2D eigenvalue weighted by Gasteiger charge is 2.53. The molecule has 6 heteroatoms. The molecule has 0 aromatic carbocycles. The van der Waals surface area contributed by atoms with Crippen LogP contribution in [0.15, 0.2) is 0 Å². The minimum Gasteiger partial charge on any atom is -0.399 e. The van der Waals surface area contributed by atoms with Gasteiger partial charge in [-0.2, -0.15) is 5.10 Å². The van der Waals surface area contributed by atoms with E-state index in [-0.39, 0.29) is 24.5 Å². The van der Waals surface area contributed by atoms with E-state index in [0.29, 0.717) is 0 Å². The number of hydrogen-bond donors (Lipinski definition) is 0. The Morgan fingerprint density at radius 3 is 2.27 bits per heavy atom. The van der Waals surface area contributed by atoms with Crippen LogP contribution in [0.1, 0.15) is 64.6 Å². The normalized spacial score (nSPS) is 27.4. The molecule has 2 saturated heterocycles. The molecule has 0 aliphatic carbocycles. The van der Waals surface area contributed by atoms with Crippen LogP contribution in [0.5, 0.6) is 0 Å². The second-order valence-electron chi connectivity index (χ2n) is 7.44. The van der Waals surface area contributed by atoms with Gasteiger partial charge in [-0.25, -0.2) is 4.68 Å². The molecule has 1 atom stereocenters. The van der Waals surface area contributed by atoms with Crippen molar-refractivity contribution in [2.75, 3.05) is 6.61 Å². The molecule has 0 bridgehead atoms. The van der Waals surface area contributed by atoms with Crippen LogP contribution in [0.25, 0.3) is 0 Å². The van der Waals surface area contributed by atoms with Crippen molar-refractivity contribution >= 4 is 12.6 Å². The molecule has 0 N–H and O–H groups in total. The fraction of sp³-hybridized carbons (Fsp3) is 0.812. The lowest BCUT2D eigenvalue weighted by Gasteiger charge is -2.32. The first-order valence-corrected chi connectivity index (χ1v) is 8.26. The molecule has 0 amide bonds. The summed E-state index contributed by atoms with van der Waals surface area (Å²) in [4.78, 5) is 0. The number of hydrogen-bond acceptors (Lipinski definition) is 4. The summed E-state index contributed by atoms with van der Waals surface area (Å²) < 4.78 is 20.3. The Kier molecular flexibility index (Phi) is 3.90. The van der Waals surface area contributed by atoms with E-state index in [1.54, 1.807) is 0 Å². The second kappa shape index (κ2) is 5.36. The molecular formula is C16H27BN2O3. The Morgan fingerprint density at radius 1 is 1.09 bits per heavy atom. The molecular weight excluding hydrogens is 279 g/mol. The number of ether oxygens (including phenoxy) is 1. The number of nitrogens with zero attached hydrogens (tertiary/aromatic N) is 2. The summed E-state index contributed by atoms with van der Waals surface area (Å²) in [5.41, 5.74) is 2.43. The van der Waals surface area contributed by atoms with Crippen LogP contribution < -0.4 is 5.46 Å². The lowest BCUT2D eigenvalue weighted by atomic mass is 9.77. The van der Waals surface area contributed by atoms with Gasteiger partial charge in [0.25, 0.3) is 0 Å². The van der Waals surface area contributed by atoms with Crippen molar-refractivity contribution in [1.29, 1.82) is 0 Å². The van der Waals surface area contributed by atoms with Crippen LogP contribution in [-0.4, -0.2) is 34.7 Å². The smallest absolute Gasteiger partial charge is 0.399 e. The van der Waals surface area contributed by atoms with E-state index in [1.165, 1.54) is 6.42 Å². The zero-order valence-corrected chi connectivity index (χ0v) is 14.6. The van der Waals surface area contributed by atoms with Gasteiger partial charge in [-0.1, -0.05) is 0 Å². The van der Waals surface area contributed by atoms with Gasteiger partial charge in [-0.15, -0.1) is 0 Å². The van der Waals surface area contributed by atoms with Crippen LogP contribution in [0.2, 0.25) is 0 Å². The maximum atomic E-state index is 6.20. The van der Waals surface area contributed by atoms with E-state index in [9.17, 15) is 0 Å². The maximum absolute atomic E-state index is 6.20. The van der Waals surface area contributed by atoms with Crippen molar-refractivity contribution in [2.24, 2.45) is 0 Å². The highest BCUT2D eigenvalue weighted by Crippen LogP contribution is 2.37. The largest absolute Gasteiger partial charge is 0.498 e. The molecule has 22 heavy (non-hydrogen) atoms. The van der Waals surface area contributed by atoms with Gasteiger partial charge in [0.2, 0.25) is 0 Å². The molecule has 3 heterocycles. The van der Waals surface area contributed by atoms with Gasteiger partial charge >= 0.3 is 7.12 Å². The predicted octanol–water partition coefficient (Wildman–Crippen LogP) is 2.50. The van der Waals surface area contributed by atoms with Crippen molar-refractivity contribution < 1.29 is 14.0 Å². The van der Waals surface area contributed by atoms with Crippen molar-refractivity contribution in [3.05, 3.63) is 11.4 Å². The van der Waals surface area contributed by atoms with E-state index in [4.69, 9.17) is 19.1 Å². The van der Waals surface area contributed by atoms with Gasteiger partial charge < -0.3 is 14.0 Å². The first kappa shape index (κ1) is 16.0. The standard InChI is InChI=1S/C16H27BN2O3/c1-11-14(17-21-15(3,4)16(5,6)22-17)12(2)19(18-11)13-9-7-8-10-20-13/h13H,7-10H2,1-6H3/t13-/m0/s1. The molecule has 0 saturated carbocycles. The summed E-state index contributed by atoms with van der Waals surface area (Å²) in [6.07, 6.45) is 3.39. The monoisotopic (exact) mass is 306 g/mol. The highest BCUT2D eigenvalue weighted by molar-refractivity contribution is 6.63. The van der Waals surface area contributed by atoms with Crippen LogP contribution in [0.4, 0.5) is 0 Å². The summed E-state index contributed by atoms with van der Waals surface area (Å²) in [6.45, 7) is 13.2. The summed E-state index contributed by atoms with van der Waals surface area (Å²) >= 11 is 0. The Balaban J connectivity index is 1.91. The molecule has 1 aromatic heterocycles. The molecule has 1 aromatic rings. The Morgan fingerprint density at radius 2 is 1.73 bits per heavy atom. The summed E-state index contributed by atoms with van der Waals surface area (Å²) in [5.74, 6) is 0. The average Bonchev–Trinajstić information content (AvgIpc) is 2.84. The fourth-order valence-corrected chi connectivity index (χ4v) is 3.17. The molecule has 0 spiro atoms. The first-order valence-electron chi connectivity index (χ1n) is 8.26. The van der Waals surface area contributed by atoms with E-state index in [2.05, 4.69) is 34.6 Å². The van der Waals surface area contributed by atoms with Gasteiger partial charge in [-0.3, -0.25) is 0 Å². The van der Waals surface area contributed by atoms with E-state index in [0.717, 1.165) is 36.3 Å². The fourth-order valence-electron chi connectivity index (χ4n) is 3.17. The third-order valence-corrected chi connectivity index (χ3v) is 5.30. The van der Waals surface area contributed by atoms with Crippen molar-refractivity contribution in [3.63, 3.8) is 0 Å². The highest BCUT2D eigenvalue weighted by atomic mass is 16.7. The van der Waals surface area contributed by atoms with E-state index in [1.807, 2.05) is 11.6 Å². The van der Waals surface area contributed by atoms with Crippen molar-refractivity contribution in [3.8, 4) is 0 Å². The zero-order chi connectivity index (χ0) is 16.1. The van der Waals surface area contributed by atoms with Gasteiger partial charge in [0.15, 0.2) is 0 Å². The second-order valence-corrected chi connectivity index (χ2v) is 7.44. The molecule has 2 aliphatic heterocycles. The number of aryl methyl sites for hydroxylation is 1. The molecule has 3 rings (SSSR count). The minimum absolute atomic E-state index is 0.0450. The van der Waals surface area contributed by atoms with Crippen LogP contribution in [-0.2, 0) is 14.0 Å². The maximum Gasteiger partial charge on any atom is 0.498 e. The quantitative estimate of drug-likeness (QED) is 0.788. The van der Waals surface area contributed by atoms with Gasteiger partial charge in [0.05, 0.1) is 16.9 Å².